The SMILES string of the molecule is Cc1cc(Cl)ccc1NC(=O)Cn1c(=O)sc2cc(S(=O)(=O)N3CCCCCC3)ccc21. The topological polar surface area (TPSA) is 88.5 Å². The molecule has 2 heterocycles. The number of nitrogens with zero attached hydrogens (tertiary/aromatic N) is 2. The lowest BCUT2D eigenvalue weighted by Crippen LogP contribution is -2.31. The molecule has 1 saturated heterocycles. The van der Waals surface area contributed by atoms with Crippen molar-refractivity contribution < 1.29 is 13.2 Å². The highest BCUT2D eigenvalue weighted by molar-refractivity contribution is 7.89. The molecule has 0 aliphatic carbocycles. The fourth-order valence-electron chi connectivity index (χ4n) is 3.89. The van der Waals surface area contributed by atoms with E-state index in [4.69, 9.17) is 11.6 Å². The summed E-state index contributed by atoms with van der Waals surface area (Å²) < 4.78 is 29.6. The lowest BCUT2D eigenvalue weighted by atomic mass is 10.2. The Morgan fingerprint density at radius 2 is 1.81 bits per heavy atom. The minimum Gasteiger partial charge on any atom is -0.324 e. The number of thiazole rings is 1. The van der Waals surface area contributed by atoms with Crippen molar-refractivity contribution in [1.29, 1.82) is 0 Å². The number of carbonyl (C=O) groups excluding carboxylic acids is 1. The van der Waals surface area contributed by atoms with Gasteiger partial charge in [-0.1, -0.05) is 35.8 Å². The molecule has 0 bridgehead atoms. The van der Waals surface area contributed by atoms with Crippen molar-refractivity contribution in [2.24, 2.45) is 0 Å². The molecule has 1 amide bonds. The first kappa shape index (κ1) is 23.0. The molecule has 32 heavy (non-hydrogen) atoms. The summed E-state index contributed by atoms with van der Waals surface area (Å²) in [6.45, 7) is 2.70. The molecule has 3 aromatic rings. The number of anilines is 1. The standard InChI is InChI=1S/C22H24ClN3O4S2/c1-15-12-16(23)6-8-18(15)24-21(27)14-26-19-9-7-17(13-20(19)31-22(26)28)32(29,30)25-10-4-2-3-5-11-25/h6-9,12-13H,2-5,10-11,14H2,1H3,(H,24,27). The highest BCUT2D eigenvalue weighted by Crippen LogP contribution is 2.26. The monoisotopic (exact) mass is 493 g/mol. The molecule has 0 unspecified atom stereocenters. The van der Waals surface area contributed by atoms with E-state index in [0.717, 1.165) is 42.6 Å². The number of amides is 1. The fourth-order valence-corrected chi connectivity index (χ4v) is 6.66. The Morgan fingerprint density at radius 3 is 2.50 bits per heavy atom. The van der Waals surface area contributed by atoms with E-state index in [1.807, 2.05) is 6.92 Å². The van der Waals surface area contributed by atoms with Crippen molar-refractivity contribution >= 4 is 54.8 Å². The molecule has 7 nitrogen and oxygen atoms in total. The maximum atomic E-state index is 13.1. The second-order valence-corrected chi connectivity index (χ2v) is 11.3. The van der Waals surface area contributed by atoms with Crippen LogP contribution >= 0.6 is 22.9 Å². The number of fused-ring (bicyclic) bond motifs is 1. The lowest BCUT2D eigenvalue weighted by molar-refractivity contribution is -0.116. The van der Waals surface area contributed by atoms with Crippen LogP contribution < -0.4 is 10.2 Å². The first-order valence-corrected chi connectivity index (χ1v) is 13.1. The number of carbonyl (C=O) groups is 1. The van der Waals surface area contributed by atoms with Gasteiger partial charge >= 0.3 is 4.87 Å². The molecule has 1 aliphatic rings. The Hall–Kier alpha value is -2.20. The second kappa shape index (κ2) is 9.35. The summed E-state index contributed by atoms with van der Waals surface area (Å²) in [5, 5.41) is 3.37. The van der Waals surface area contributed by atoms with Gasteiger partial charge in [0.15, 0.2) is 0 Å². The summed E-state index contributed by atoms with van der Waals surface area (Å²) in [6.07, 6.45) is 3.78. The zero-order valence-corrected chi connectivity index (χ0v) is 20.0. The summed E-state index contributed by atoms with van der Waals surface area (Å²) in [4.78, 5) is 25.0. The number of aryl methyl sites for hydroxylation is 1. The number of aromatic nitrogens is 1. The van der Waals surface area contributed by atoms with E-state index in [1.165, 1.54) is 14.9 Å². The number of hydrogen-bond donors (Lipinski definition) is 1. The summed E-state index contributed by atoms with van der Waals surface area (Å²) in [5.74, 6) is -0.349. The minimum atomic E-state index is -3.61. The number of nitrogens with one attached hydrogen (secondary N) is 1. The molecule has 0 atom stereocenters. The molecule has 2 aromatic carbocycles. The Kier molecular flexibility index (Phi) is 6.71. The zero-order valence-electron chi connectivity index (χ0n) is 17.6. The first-order chi connectivity index (χ1) is 15.3. The Bertz CT molecular complexity index is 1320. The number of halogens is 1. The Labute approximate surface area is 195 Å². The molecule has 170 valence electrons. The molecule has 1 fully saturated rings. The molecule has 0 spiro atoms. The van der Waals surface area contributed by atoms with E-state index in [2.05, 4.69) is 5.32 Å². The Balaban J connectivity index is 1.58. The predicted octanol–water partition coefficient (Wildman–Crippen LogP) is 4.23. The van der Waals surface area contributed by atoms with Gasteiger partial charge in [0, 0.05) is 23.8 Å². The third-order valence-corrected chi connectivity index (χ3v) is 8.68. The van der Waals surface area contributed by atoms with E-state index < -0.39 is 10.0 Å². The molecule has 1 aromatic heterocycles. The van der Waals surface area contributed by atoms with E-state index in [9.17, 15) is 18.0 Å². The predicted molar refractivity (Wildman–Crippen MR) is 128 cm³/mol. The molecule has 0 radical (unpaired) electrons. The number of rotatable bonds is 5. The van der Waals surface area contributed by atoms with Crippen LogP contribution in [0.5, 0.6) is 0 Å². The van der Waals surface area contributed by atoms with Crippen molar-refractivity contribution in [1.82, 2.24) is 8.87 Å². The molecule has 0 saturated carbocycles. The van der Waals surface area contributed by atoms with Gasteiger partial charge in [0.2, 0.25) is 15.9 Å². The molecule has 4 rings (SSSR count). The molecule has 1 N–H and O–H groups in total. The van der Waals surface area contributed by atoms with Crippen molar-refractivity contribution in [3.63, 3.8) is 0 Å². The van der Waals surface area contributed by atoms with Crippen LogP contribution in [0.25, 0.3) is 10.2 Å². The van der Waals surface area contributed by atoms with Gasteiger partial charge in [-0.25, -0.2) is 8.42 Å². The summed E-state index contributed by atoms with van der Waals surface area (Å²) >= 11 is 6.89. The van der Waals surface area contributed by atoms with Crippen LogP contribution in [0.15, 0.2) is 46.1 Å². The summed E-state index contributed by atoms with van der Waals surface area (Å²) in [7, 11) is -3.61. The highest BCUT2D eigenvalue weighted by atomic mass is 35.5. The minimum absolute atomic E-state index is 0.168. The Morgan fingerprint density at radius 1 is 1.09 bits per heavy atom. The van der Waals surface area contributed by atoms with E-state index in [1.54, 1.807) is 30.3 Å². The van der Waals surface area contributed by atoms with Gasteiger partial charge in [-0.2, -0.15) is 4.31 Å². The van der Waals surface area contributed by atoms with Crippen molar-refractivity contribution in [2.75, 3.05) is 18.4 Å². The van der Waals surface area contributed by atoms with Crippen LogP contribution in [-0.4, -0.2) is 36.3 Å². The van der Waals surface area contributed by atoms with Crippen molar-refractivity contribution in [3.05, 3.63) is 56.7 Å². The summed E-state index contributed by atoms with van der Waals surface area (Å²) in [6, 6.07) is 9.81. The van der Waals surface area contributed by atoms with Gasteiger partial charge in [0.05, 0.1) is 15.1 Å². The van der Waals surface area contributed by atoms with Crippen molar-refractivity contribution in [2.45, 2.75) is 44.0 Å². The second-order valence-electron chi connectivity index (χ2n) is 7.91. The van der Waals surface area contributed by atoms with Crippen LogP contribution in [0, 0.1) is 6.92 Å². The van der Waals surface area contributed by atoms with Crippen LogP contribution in [0.2, 0.25) is 5.02 Å². The van der Waals surface area contributed by atoms with Gasteiger partial charge in [-0.15, -0.1) is 0 Å². The quantitative estimate of drug-likeness (QED) is 0.576. The van der Waals surface area contributed by atoms with E-state index >= 15 is 0 Å². The molecular formula is C22H24ClN3O4S2. The highest BCUT2D eigenvalue weighted by Gasteiger charge is 2.26. The van der Waals surface area contributed by atoms with Gasteiger partial charge in [0.25, 0.3) is 0 Å². The zero-order chi connectivity index (χ0) is 22.9. The van der Waals surface area contributed by atoms with Gasteiger partial charge in [-0.3, -0.25) is 14.2 Å². The van der Waals surface area contributed by atoms with Crippen LogP contribution in [0.4, 0.5) is 5.69 Å². The molecule has 1 aliphatic heterocycles. The normalized spacial score (nSPS) is 15.6. The molecule has 10 heteroatoms. The van der Waals surface area contributed by atoms with Gasteiger partial charge in [-0.05, 0) is 61.7 Å². The lowest BCUT2D eigenvalue weighted by Gasteiger charge is -2.19. The van der Waals surface area contributed by atoms with E-state index in [-0.39, 0.29) is 22.2 Å². The third kappa shape index (κ3) is 4.76. The van der Waals surface area contributed by atoms with Gasteiger partial charge in [0.1, 0.15) is 6.54 Å². The third-order valence-electron chi connectivity index (χ3n) is 5.61. The number of hydrogen-bond acceptors (Lipinski definition) is 5. The van der Waals surface area contributed by atoms with Crippen molar-refractivity contribution in [3.8, 4) is 0 Å². The number of benzene rings is 2. The average molecular weight is 494 g/mol. The van der Waals surface area contributed by atoms with Crippen LogP contribution in [-0.2, 0) is 21.4 Å². The number of sulfonamides is 1. The van der Waals surface area contributed by atoms with Crippen LogP contribution in [0.1, 0.15) is 31.2 Å². The molecular weight excluding hydrogens is 470 g/mol. The largest absolute Gasteiger partial charge is 0.324 e. The maximum absolute atomic E-state index is 13.1. The van der Waals surface area contributed by atoms with Gasteiger partial charge < -0.3 is 5.32 Å². The van der Waals surface area contributed by atoms with Crippen LogP contribution in [0.3, 0.4) is 0 Å². The van der Waals surface area contributed by atoms with E-state index in [0.29, 0.717) is 34.0 Å². The smallest absolute Gasteiger partial charge is 0.308 e. The fraction of sp³-hybridized carbons (Fsp3) is 0.364. The summed E-state index contributed by atoms with van der Waals surface area (Å²) in [5.41, 5.74) is 1.98. The maximum Gasteiger partial charge on any atom is 0.308 e. The average Bonchev–Trinajstić information content (AvgIpc) is 2.92. The first-order valence-electron chi connectivity index (χ1n) is 10.5.